The molecule has 0 aromatic heterocycles. The van der Waals surface area contributed by atoms with Gasteiger partial charge in [0.25, 0.3) is 0 Å². The Morgan fingerprint density at radius 2 is 1.67 bits per heavy atom. The van der Waals surface area contributed by atoms with E-state index in [1.165, 1.54) is 19.2 Å². The van der Waals surface area contributed by atoms with Gasteiger partial charge in [-0.15, -0.1) is 0 Å². The molecule has 8 nitrogen and oxygen atoms in total. The number of halogens is 3. The number of nitrogens with one attached hydrogen (secondary N) is 1. The second-order valence-electron chi connectivity index (χ2n) is 13.0. The van der Waals surface area contributed by atoms with E-state index in [1.54, 1.807) is 17.9 Å². The number of nitrogens with zero attached hydrogens (tertiary/aromatic N) is 1. The van der Waals surface area contributed by atoms with Gasteiger partial charge in [0, 0.05) is 24.6 Å². The van der Waals surface area contributed by atoms with E-state index >= 15 is 0 Å². The number of carbonyl (C=O) groups is 3. The minimum absolute atomic E-state index is 0.0634. The normalized spacial score (nSPS) is 21.9. The first-order valence-corrected chi connectivity index (χ1v) is 16.8. The highest BCUT2D eigenvalue weighted by atomic mass is 19.4. The van der Waals surface area contributed by atoms with Crippen molar-refractivity contribution in [1.29, 1.82) is 0 Å². The summed E-state index contributed by atoms with van der Waals surface area (Å²) in [7, 11) is 1.28. The lowest BCUT2D eigenvalue weighted by Gasteiger charge is -2.51. The zero-order valence-electron chi connectivity index (χ0n) is 28.3. The van der Waals surface area contributed by atoms with Gasteiger partial charge < -0.3 is 24.4 Å². The molecule has 2 heterocycles. The van der Waals surface area contributed by atoms with Crippen LogP contribution in [-0.2, 0) is 54.5 Å². The molecule has 6 rings (SSSR count). The molecule has 11 heteroatoms. The Balaban J connectivity index is 1.31. The standard InChI is InChI=1S/C40H39F3N2O6/c1-26-39(38(48)49-2)21-31(19-36(46)44-22-28-12-8-16-32(18-28)40(41,42)43)37(47)45(23-30-15-9-14-29-13-6-7-17-34(29)30)35(39)20-33(51-26)25-50-24-27-10-4-3-5-11-27/h3-18,20,26,31,33H,19,21-25H2,1-2H3,(H,44,46)/t26-,31+,33-,39+/m1/s1. The number of methoxy groups -OCH3 is 1. The van der Waals surface area contributed by atoms with Crippen molar-refractivity contribution in [3.8, 4) is 0 Å². The zero-order valence-corrected chi connectivity index (χ0v) is 28.3. The molecule has 0 unspecified atom stereocenters. The quantitative estimate of drug-likeness (QED) is 0.170. The third kappa shape index (κ3) is 7.69. The summed E-state index contributed by atoms with van der Waals surface area (Å²) < 4.78 is 57.6. The Hall–Kier alpha value is -5.00. The van der Waals surface area contributed by atoms with Gasteiger partial charge >= 0.3 is 12.1 Å². The predicted molar refractivity (Wildman–Crippen MR) is 183 cm³/mol. The van der Waals surface area contributed by atoms with Gasteiger partial charge in [-0.2, -0.15) is 13.2 Å². The summed E-state index contributed by atoms with van der Waals surface area (Å²) in [4.78, 5) is 43.3. The Morgan fingerprint density at radius 1 is 0.961 bits per heavy atom. The van der Waals surface area contributed by atoms with Gasteiger partial charge in [-0.3, -0.25) is 14.4 Å². The molecule has 2 amide bonds. The van der Waals surface area contributed by atoms with Crippen molar-refractivity contribution in [3.05, 3.63) is 131 Å². The van der Waals surface area contributed by atoms with E-state index in [0.29, 0.717) is 12.3 Å². The van der Waals surface area contributed by atoms with Crippen molar-refractivity contribution in [2.24, 2.45) is 11.3 Å². The number of fused-ring (bicyclic) bond motifs is 2. The summed E-state index contributed by atoms with van der Waals surface area (Å²) >= 11 is 0. The first kappa shape index (κ1) is 35.8. The van der Waals surface area contributed by atoms with Crippen molar-refractivity contribution in [3.63, 3.8) is 0 Å². The highest BCUT2D eigenvalue weighted by molar-refractivity contribution is 5.93. The predicted octanol–water partition coefficient (Wildman–Crippen LogP) is 6.96. The number of carbonyl (C=O) groups excluding carboxylic acids is 3. The fraction of sp³-hybridized carbons (Fsp3) is 0.325. The van der Waals surface area contributed by atoms with E-state index in [1.807, 2.05) is 72.8 Å². The van der Waals surface area contributed by atoms with Crippen LogP contribution in [0.15, 0.2) is 109 Å². The molecule has 0 aliphatic carbocycles. The molecule has 0 saturated carbocycles. The minimum atomic E-state index is -4.53. The molecule has 2 aliphatic rings. The smallest absolute Gasteiger partial charge is 0.416 e. The lowest BCUT2D eigenvalue weighted by molar-refractivity contribution is -0.178. The van der Waals surface area contributed by atoms with Crippen molar-refractivity contribution >= 4 is 28.6 Å². The number of esters is 1. The van der Waals surface area contributed by atoms with Gasteiger partial charge in [0.1, 0.15) is 11.5 Å². The molecular weight excluding hydrogens is 661 g/mol. The number of hydrogen-bond donors (Lipinski definition) is 1. The summed E-state index contributed by atoms with van der Waals surface area (Å²) in [5.41, 5.74) is 0.256. The zero-order chi connectivity index (χ0) is 36.2. The maximum Gasteiger partial charge on any atom is 0.416 e. The first-order chi connectivity index (χ1) is 24.5. The highest BCUT2D eigenvalue weighted by Crippen LogP contribution is 2.51. The molecule has 266 valence electrons. The Kier molecular flexibility index (Phi) is 10.6. The first-order valence-electron chi connectivity index (χ1n) is 16.8. The van der Waals surface area contributed by atoms with Crippen molar-refractivity contribution in [2.75, 3.05) is 13.7 Å². The van der Waals surface area contributed by atoms with Gasteiger partial charge in [0.05, 0.1) is 38.5 Å². The fourth-order valence-corrected chi connectivity index (χ4v) is 7.14. The van der Waals surface area contributed by atoms with Gasteiger partial charge in [-0.25, -0.2) is 0 Å². The molecule has 2 aliphatic heterocycles. The van der Waals surface area contributed by atoms with E-state index in [0.717, 1.165) is 34.0 Å². The topological polar surface area (TPSA) is 94.2 Å². The van der Waals surface area contributed by atoms with Crippen LogP contribution in [0.2, 0.25) is 0 Å². The maximum absolute atomic E-state index is 14.5. The van der Waals surface area contributed by atoms with Crippen LogP contribution >= 0.6 is 0 Å². The highest BCUT2D eigenvalue weighted by Gasteiger charge is 2.59. The van der Waals surface area contributed by atoms with Gasteiger partial charge in [-0.1, -0.05) is 84.9 Å². The van der Waals surface area contributed by atoms with Gasteiger partial charge in [0.15, 0.2) is 0 Å². The summed E-state index contributed by atoms with van der Waals surface area (Å²) in [6.45, 7) is 2.21. The summed E-state index contributed by atoms with van der Waals surface area (Å²) in [5.74, 6) is -2.47. The molecule has 4 atom stereocenters. The average Bonchev–Trinajstić information content (AvgIpc) is 3.13. The Labute approximate surface area is 294 Å². The molecule has 0 spiro atoms. The minimum Gasteiger partial charge on any atom is -0.468 e. The summed E-state index contributed by atoms with van der Waals surface area (Å²) in [6, 6.07) is 27.9. The van der Waals surface area contributed by atoms with E-state index in [9.17, 15) is 27.6 Å². The van der Waals surface area contributed by atoms with E-state index in [4.69, 9.17) is 14.2 Å². The van der Waals surface area contributed by atoms with Gasteiger partial charge in [-0.05, 0) is 59.0 Å². The van der Waals surface area contributed by atoms with Crippen LogP contribution in [0.25, 0.3) is 10.8 Å². The number of ether oxygens (including phenoxy) is 3. The average molecular weight is 701 g/mol. The number of rotatable bonds is 11. The third-order valence-electron chi connectivity index (χ3n) is 9.68. The van der Waals surface area contributed by atoms with Gasteiger partial charge in [0.2, 0.25) is 11.8 Å². The SMILES string of the molecule is COC(=O)[C@]12C[C@H](CC(=O)NCc3cccc(C(F)(F)F)c3)C(=O)N(Cc3cccc4ccccc34)C1=C[C@H](COCc1ccccc1)O[C@@H]2C. The van der Waals surface area contributed by atoms with Crippen LogP contribution < -0.4 is 5.32 Å². The number of hydrogen-bond acceptors (Lipinski definition) is 6. The lowest BCUT2D eigenvalue weighted by Crippen LogP contribution is -2.60. The monoisotopic (exact) mass is 700 g/mol. The molecule has 4 aromatic carbocycles. The van der Waals surface area contributed by atoms with Crippen LogP contribution in [0.1, 0.15) is 42.0 Å². The van der Waals surface area contributed by atoms with Crippen LogP contribution in [0, 0.1) is 11.3 Å². The number of amides is 2. The fourth-order valence-electron chi connectivity index (χ4n) is 7.14. The molecule has 0 bridgehead atoms. The largest absolute Gasteiger partial charge is 0.468 e. The second-order valence-corrected chi connectivity index (χ2v) is 13.0. The Morgan fingerprint density at radius 3 is 2.43 bits per heavy atom. The second kappa shape index (κ2) is 15.1. The van der Waals surface area contributed by atoms with Crippen molar-refractivity contribution in [2.45, 2.75) is 57.8 Å². The molecule has 0 radical (unpaired) electrons. The van der Waals surface area contributed by atoms with Crippen LogP contribution in [0.3, 0.4) is 0 Å². The van der Waals surface area contributed by atoms with E-state index in [-0.39, 0.29) is 44.0 Å². The van der Waals surface area contributed by atoms with E-state index < -0.39 is 47.2 Å². The van der Waals surface area contributed by atoms with E-state index in [2.05, 4.69) is 5.32 Å². The molecule has 1 fully saturated rings. The third-order valence-corrected chi connectivity index (χ3v) is 9.68. The van der Waals surface area contributed by atoms with Crippen LogP contribution in [0.5, 0.6) is 0 Å². The van der Waals surface area contributed by atoms with Crippen molar-refractivity contribution in [1.82, 2.24) is 10.2 Å². The lowest BCUT2D eigenvalue weighted by atomic mass is 9.66. The van der Waals surface area contributed by atoms with Crippen LogP contribution in [-0.4, -0.2) is 48.6 Å². The number of alkyl halides is 3. The summed E-state index contributed by atoms with van der Waals surface area (Å²) in [5, 5.41) is 4.57. The molecule has 1 N–H and O–H groups in total. The number of piperidine rings is 1. The Bertz CT molecular complexity index is 1930. The molecule has 4 aromatic rings. The van der Waals surface area contributed by atoms with Crippen molar-refractivity contribution < 1.29 is 41.8 Å². The maximum atomic E-state index is 14.5. The molecular formula is C40H39F3N2O6. The molecule has 51 heavy (non-hydrogen) atoms. The summed E-state index contributed by atoms with van der Waals surface area (Å²) in [6.07, 6.45) is -4.49. The number of likely N-dealkylation sites (tertiary alicyclic amines) is 1. The van der Waals surface area contributed by atoms with Crippen LogP contribution in [0.4, 0.5) is 13.2 Å². The number of benzene rings is 4. The molecule has 1 saturated heterocycles.